The minimum Gasteiger partial charge on any atom is -0.366 e. The highest BCUT2D eigenvalue weighted by Gasteiger charge is 2.57. The normalized spacial score (nSPS) is 18.5. The summed E-state index contributed by atoms with van der Waals surface area (Å²) >= 11 is 0. The molecule has 2 heterocycles. The molecule has 4 aromatic rings. The molecule has 2 aliphatic rings. The number of halogens is 5. The Hall–Kier alpha value is -5.12. The van der Waals surface area contributed by atoms with Crippen LogP contribution in [-0.4, -0.2) is 26.6 Å². The molecule has 2 aliphatic carbocycles. The van der Waals surface area contributed by atoms with Gasteiger partial charge in [-0.3, -0.25) is 19.3 Å². The van der Waals surface area contributed by atoms with Crippen LogP contribution in [0.25, 0.3) is 11.1 Å². The number of pyridine rings is 1. The standard InChI is InChI=1S/C31H23F5N6O2/c32-18-6-15(7-19(33)11-18)8-24(28-20(2-1-5-39-28)16-3-4-23(34)22(9-16)30(38)44)40-26(43)14-42-29-27(25(13-37)41-42)21-10-17(21)12-31(29,35)36/h1-7,9,11,17,21,24H,8,10,12,14H2,(H2,38,44)(H,40,43)/t17?,21?,24-/m0/s1. The minimum absolute atomic E-state index is 0.149. The van der Waals surface area contributed by atoms with Crippen LogP contribution in [0.15, 0.2) is 54.7 Å². The smallest absolute Gasteiger partial charge is 0.290 e. The van der Waals surface area contributed by atoms with Crippen molar-refractivity contribution in [1.82, 2.24) is 20.1 Å². The molecule has 2 unspecified atom stereocenters. The van der Waals surface area contributed by atoms with E-state index < -0.39 is 59.9 Å². The van der Waals surface area contributed by atoms with Crippen LogP contribution in [0.5, 0.6) is 0 Å². The number of carbonyl (C=O) groups excluding carboxylic acids is 2. The number of nitrogens with one attached hydrogen (secondary N) is 1. The van der Waals surface area contributed by atoms with E-state index in [1.54, 1.807) is 12.1 Å². The molecule has 224 valence electrons. The van der Waals surface area contributed by atoms with Gasteiger partial charge in [0.05, 0.1) is 17.3 Å². The third kappa shape index (κ3) is 5.39. The molecule has 8 nitrogen and oxygen atoms in total. The molecule has 0 saturated heterocycles. The first-order valence-corrected chi connectivity index (χ1v) is 13.6. The highest BCUT2D eigenvalue weighted by Crippen LogP contribution is 2.61. The van der Waals surface area contributed by atoms with Gasteiger partial charge in [0, 0.05) is 29.8 Å². The molecular weight excluding hydrogens is 583 g/mol. The van der Waals surface area contributed by atoms with Crippen LogP contribution in [0.3, 0.4) is 0 Å². The van der Waals surface area contributed by atoms with Crippen molar-refractivity contribution in [3.8, 4) is 17.2 Å². The van der Waals surface area contributed by atoms with Crippen molar-refractivity contribution < 1.29 is 31.5 Å². The summed E-state index contributed by atoms with van der Waals surface area (Å²) in [7, 11) is 0. The first-order valence-electron chi connectivity index (χ1n) is 13.6. The summed E-state index contributed by atoms with van der Waals surface area (Å²) in [4.78, 5) is 29.6. The summed E-state index contributed by atoms with van der Waals surface area (Å²) in [5.41, 5.74) is 5.46. The van der Waals surface area contributed by atoms with E-state index >= 15 is 8.78 Å². The van der Waals surface area contributed by atoms with Crippen LogP contribution in [0.1, 0.15) is 63.4 Å². The lowest BCUT2D eigenvalue weighted by Crippen LogP contribution is -2.35. The van der Waals surface area contributed by atoms with Gasteiger partial charge in [-0.15, -0.1) is 0 Å². The Balaban J connectivity index is 1.38. The van der Waals surface area contributed by atoms with E-state index in [2.05, 4.69) is 15.4 Å². The van der Waals surface area contributed by atoms with E-state index in [0.717, 1.165) is 22.9 Å². The van der Waals surface area contributed by atoms with Crippen molar-refractivity contribution in [1.29, 1.82) is 5.26 Å². The summed E-state index contributed by atoms with van der Waals surface area (Å²) in [5.74, 6) is -8.09. The van der Waals surface area contributed by atoms with Crippen molar-refractivity contribution in [3.63, 3.8) is 0 Å². The van der Waals surface area contributed by atoms with Gasteiger partial charge in [-0.25, -0.2) is 13.2 Å². The number of nitrogens with zero attached hydrogens (tertiary/aromatic N) is 4. The van der Waals surface area contributed by atoms with Gasteiger partial charge in [-0.1, -0.05) is 12.1 Å². The van der Waals surface area contributed by atoms with Gasteiger partial charge in [0.1, 0.15) is 35.8 Å². The van der Waals surface area contributed by atoms with Crippen LogP contribution in [0.2, 0.25) is 0 Å². The maximum atomic E-state index is 15.1. The third-order valence-corrected chi connectivity index (χ3v) is 7.96. The summed E-state index contributed by atoms with van der Waals surface area (Å²) in [6.45, 7) is -0.671. The van der Waals surface area contributed by atoms with E-state index in [1.807, 2.05) is 6.07 Å². The second-order valence-electron chi connectivity index (χ2n) is 11.0. The van der Waals surface area contributed by atoms with Gasteiger partial charge in [-0.05, 0) is 66.1 Å². The Kier molecular flexibility index (Phi) is 7.15. The zero-order valence-corrected chi connectivity index (χ0v) is 22.8. The number of primary amides is 1. The molecule has 0 radical (unpaired) electrons. The molecule has 0 aliphatic heterocycles. The maximum Gasteiger partial charge on any atom is 0.290 e. The van der Waals surface area contributed by atoms with Crippen LogP contribution in [0, 0.1) is 34.7 Å². The zero-order valence-electron chi connectivity index (χ0n) is 22.8. The molecule has 3 atom stereocenters. The second-order valence-corrected chi connectivity index (χ2v) is 11.0. The van der Waals surface area contributed by atoms with Gasteiger partial charge in [-0.2, -0.15) is 19.1 Å². The molecular formula is C31H23F5N6O2. The number of hydrogen-bond donors (Lipinski definition) is 2. The quantitative estimate of drug-likeness (QED) is 0.272. The largest absolute Gasteiger partial charge is 0.366 e. The first kappa shape index (κ1) is 29.0. The van der Waals surface area contributed by atoms with Gasteiger partial charge in [0.25, 0.3) is 11.8 Å². The summed E-state index contributed by atoms with van der Waals surface area (Å²) in [6, 6.07) is 10.4. The number of carbonyl (C=O) groups is 2. The van der Waals surface area contributed by atoms with Crippen molar-refractivity contribution in [2.45, 2.75) is 43.7 Å². The summed E-state index contributed by atoms with van der Waals surface area (Å²) in [6.07, 6.45) is 1.33. The van der Waals surface area contributed by atoms with Gasteiger partial charge in [0.15, 0.2) is 5.69 Å². The molecule has 13 heteroatoms. The Bertz CT molecular complexity index is 1850. The monoisotopic (exact) mass is 606 g/mol. The van der Waals surface area contributed by atoms with Crippen LogP contribution in [0.4, 0.5) is 22.0 Å². The van der Waals surface area contributed by atoms with E-state index in [0.29, 0.717) is 23.6 Å². The third-order valence-electron chi connectivity index (χ3n) is 7.96. The van der Waals surface area contributed by atoms with Crippen LogP contribution in [-0.2, 0) is 23.7 Å². The number of hydrogen-bond acceptors (Lipinski definition) is 5. The number of benzene rings is 2. The number of amides is 2. The van der Waals surface area contributed by atoms with Gasteiger partial charge >= 0.3 is 0 Å². The zero-order chi connectivity index (χ0) is 31.3. The van der Waals surface area contributed by atoms with E-state index in [9.17, 15) is 28.0 Å². The maximum absolute atomic E-state index is 15.1. The molecule has 1 fully saturated rings. The summed E-state index contributed by atoms with van der Waals surface area (Å²) in [5, 5.41) is 16.3. The first-order chi connectivity index (χ1) is 20.9. The van der Waals surface area contributed by atoms with E-state index in [1.165, 1.54) is 18.3 Å². The summed E-state index contributed by atoms with van der Waals surface area (Å²) < 4.78 is 73.6. The van der Waals surface area contributed by atoms with Crippen molar-refractivity contribution in [2.75, 3.05) is 0 Å². The number of nitriles is 1. The van der Waals surface area contributed by atoms with E-state index in [-0.39, 0.29) is 46.3 Å². The Morgan fingerprint density at radius 1 is 1.14 bits per heavy atom. The molecule has 0 spiro atoms. The molecule has 6 rings (SSSR count). The molecule has 2 aromatic carbocycles. The number of nitrogens with two attached hydrogens (primary N) is 1. The fourth-order valence-electron chi connectivity index (χ4n) is 6.04. The molecule has 1 saturated carbocycles. The predicted octanol–water partition coefficient (Wildman–Crippen LogP) is 5.03. The fraction of sp³-hybridized carbons (Fsp3) is 0.258. The van der Waals surface area contributed by atoms with E-state index in [4.69, 9.17) is 5.73 Å². The Morgan fingerprint density at radius 3 is 2.59 bits per heavy atom. The lowest BCUT2D eigenvalue weighted by Gasteiger charge is -2.24. The highest BCUT2D eigenvalue weighted by molar-refractivity contribution is 5.94. The predicted molar refractivity (Wildman–Crippen MR) is 145 cm³/mol. The SMILES string of the molecule is N#Cc1nn(CC(=O)N[C@@H](Cc2cc(F)cc(F)c2)c2ncccc2-c2ccc(F)c(C(N)=O)c2)c2c1C1CC1CC2(F)F. The van der Waals surface area contributed by atoms with Crippen LogP contribution < -0.4 is 11.1 Å². The topological polar surface area (TPSA) is 127 Å². The Labute approximate surface area is 247 Å². The lowest BCUT2D eigenvalue weighted by atomic mass is 9.92. The van der Waals surface area contributed by atoms with Gasteiger partial charge in [0.2, 0.25) is 5.91 Å². The molecule has 3 N–H and O–H groups in total. The second kappa shape index (κ2) is 10.9. The molecule has 44 heavy (non-hydrogen) atoms. The van der Waals surface area contributed by atoms with Crippen molar-refractivity contribution in [3.05, 3.63) is 106 Å². The molecule has 0 bridgehead atoms. The lowest BCUT2D eigenvalue weighted by molar-refractivity contribution is -0.123. The molecule has 2 amide bonds. The van der Waals surface area contributed by atoms with Crippen LogP contribution >= 0.6 is 0 Å². The Morgan fingerprint density at radius 2 is 1.89 bits per heavy atom. The number of aromatic nitrogens is 3. The number of rotatable bonds is 8. The molecule has 2 aromatic heterocycles. The van der Waals surface area contributed by atoms with Crippen molar-refractivity contribution >= 4 is 11.8 Å². The average molecular weight is 607 g/mol. The number of alkyl halides is 2. The average Bonchev–Trinajstić information content (AvgIpc) is 3.61. The minimum atomic E-state index is -3.29. The van der Waals surface area contributed by atoms with Gasteiger partial charge < -0.3 is 11.1 Å². The highest BCUT2D eigenvalue weighted by atomic mass is 19.3. The fourth-order valence-corrected chi connectivity index (χ4v) is 6.04. The number of fused-ring (bicyclic) bond motifs is 3. The van der Waals surface area contributed by atoms with Crippen molar-refractivity contribution in [2.24, 2.45) is 11.7 Å².